The Bertz CT molecular complexity index is 759. The van der Waals surface area contributed by atoms with E-state index in [0.717, 1.165) is 19.3 Å². The summed E-state index contributed by atoms with van der Waals surface area (Å²) < 4.78 is 10.5. The van der Waals surface area contributed by atoms with E-state index in [-0.39, 0.29) is 21.9 Å². The minimum Gasteiger partial charge on any atom is -0.462 e. The number of carbonyl (C=O) groups is 2. The Labute approximate surface area is 156 Å². The van der Waals surface area contributed by atoms with Gasteiger partial charge in [0.05, 0.1) is 22.8 Å². The zero-order valence-electron chi connectivity index (χ0n) is 13.8. The smallest absolute Gasteiger partial charge is 0.344 e. The highest BCUT2D eigenvalue weighted by molar-refractivity contribution is 6.34. The van der Waals surface area contributed by atoms with Crippen LogP contribution >= 0.6 is 23.2 Å². The summed E-state index contributed by atoms with van der Waals surface area (Å²) in [6.45, 7) is 2.38. The first-order valence-corrected chi connectivity index (χ1v) is 8.72. The van der Waals surface area contributed by atoms with Crippen molar-refractivity contribution in [1.29, 1.82) is 0 Å². The molecule has 0 aliphatic rings. The van der Waals surface area contributed by atoms with Crippen LogP contribution < -0.4 is 4.74 Å². The number of unbranched alkanes of at least 4 members (excludes halogenated alkanes) is 2. The van der Waals surface area contributed by atoms with Gasteiger partial charge in [-0.25, -0.2) is 9.59 Å². The Morgan fingerprint density at radius 3 is 2.32 bits per heavy atom. The number of carbonyl (C=O) groups excluding carboxylic acids is 2. The van der Waals surface area contributed by atoms with Crippen LogP contribution in [-0.4, -0.2) is 18.5 Å². The first kappa shape index (κ1) is 19.3. The molecule has 25 heavy (non-hydrogen) atoms. The molecule has 0 unspecified atom stereocenters. The van der Waals surface area contributed by atoms with Crippen LogP contribution in [0, 0.1) is 0 Å². The number of hydrogen-bond donors (Lipinski definition) is 0. The van der Waals surface area contributed by atoms with Crippen molar-refractivity contribution < 1.29 is 19.1 Å². The molecule has 0 spiro atoms. The Morgan fingerprint density at radius 1 is 0.960 bits per heavy atom. The lowest BCUT2D eigenvalue weighted by Gasteiger charge is -2.10. The van der Waals surface area contributed by atoms with Gasteiger partial charge in [0.15, 0.2) is 5.75 Å². The number of ether oxygens (including phenoxy) is 2. The van der Waals surface area contributed by atoms with E-state index in [1.54, 1.807) is 18.2 Å². The van der Waals surface area contributed by atoms with Crippen LogP contribution in [0.15, 0.2) is 42.5 Å². The second kappa shape index (κ2) is 9.44. The molecule has 0 aliphatic carbocycles. The minimum atomic E-state index is -0.703. The summed E-state index contributed by atoms with van der Waals surface area (Å²) in [6.07, 6.45) is 2.79. The largest absolute Gasteiger partial charge is 0.462 e. The molecule has 0 aliphatic heterocycles. The molecule has 0 saturated heterocycles. The number of benzene rings is 2. The summed E-state index contributed by atoms with van der Waals surface area (Å²) in [4.78, 5) is 24.7. The predicted octanol–water partition coefficient (Wildman–Crippen LogP) is 5.56. The fourth-order valence-corrected chi connectivity index (χ4v) is 2.46. The topological polar surface area (TPSA) is 52.6 Å². The number of esters is 2. The summed E-state index contributed by atoms with van der Waals surface area (Å²) in [5.74, 6) is -1.13. The van der Waals surface area contributed by atoms with Gasteiger partial charge in [-0.2, -0.15) is 0 Å². The predicted molar refractivity (Wildman–Crippen MR) is 97.7 cm³/mol. The van der Waals surface area contributed by atoms with E-state index in [0.29, 0.717) is 11.6 Å². The summed E-state index contributed by atoms with van der Waals surface area (Å²) in [5.41, 5.74) is 0.265. The first-order valence-electron chi connectivity index (χ1n) is 7.96. The SMILES string of the molecule is CCCCCOC(=O)c1ccccc1C(=O)Oc1cc(Cl)ccc1Cl. The molecule has 4 nitrogen and oxygen atoms in total. The van der Waals surface area contributed by atoms with Crippen molar-refractivity contribution in [3.63, 3.8) is 0 Å². The number of rotatable bonds is 7. The molecule has 0 N–H and O–H groups in total. The minimum absolute atomic E-state index is 0.110. The van der Waals surface area contributed by atoms with Crippen molar-refractivity contribution in [2.24, 2.45) is 0 Å². The molecule has 0 radical (unpaired) electrons. The van der Waals surface area contributed by atoms with Gasteiger partial charge in [0.2, 0.25) is 0 Å². The summed E-state index contributed by atoms with van der Waals surface area (Å²) in [6, 6.07) is 10.9. The van der Waals surface area contributed by atoms with Crippen molar-refractivity contribution in [1.82, 2.24) is 0 Å². The molecular weight excluding hydrogens is 363 g/mol. The highest BCUT2D eigenvalue weighted by Gasteiger charge is 2.20. The van der Waals surface area contributed by atoms with Gasteiger partial charge < -0.3 is 9.47 Å². The monoisotopic (exact) mass is 380 g/mol. The van der Waals surface area contributed by atoms with E-state index in [4.69, 9.17) is 32.7 Å². The molecule has 2 rings (SSSR count). The molecule has 0 fully saturated rings. The third-order valence-corrected chi connectivity index (χ3v) is 3.99. The third-order valence-electron chi connectivity index (χ3n) is 3.44. The average molecular weight is 381 g/mol. The van der Waals surface area contributed by atoms with E-state index in [1.807, 2.05) is 0 Å². The highest BCUT2D eigenvalue weighted by Crippen LogP contribution is 2.28. The molecule has 2 aromatic carbocycles. The van der Waals surface area contributed by atoms with E-state index in [1.165, 1.54) is 24.3 Å². The van der Waals surface area contributed by atoms with Crippen molar-refractivity contribution in [3.8, 4) is 5.75 Å². The maximum absolute atomic E-state index is 12.4. The van der Waals surface area contributed by atoms with Crippen molar-refractivity contribution >= 4 is 35.1 Å². The molecule has 0 aromatic heterocycles. The normalized spacial score (nSPS) is 10.4. The van der Waals surface area contributed by atoms with Gasteiger partial charge >= 0.3 is 11.9 Å². The van der Waals surface area contributed by atoms with E-state index in [2.05, 4.69) is 6.92 Å². The van der Waals surface area contributed by atoms with Crippen LogP contribution in [0.4, 0.5) is 0 Å². The molecule has 0 bridgehead atoms. The van der Waals surface area contributed by atoms with Crippen molar-refractivity contribution in [3.05, 3.63) is 63.6 Å². The van der Waals surface area contributed by atoms with E-state index in [9.17, 15) is 9.59 Å². The van der Waals surface area contributed by atoms with Gasteiger partial charge in [0, 0.05) is 11.1 Å². The van der Waals surface area contributed by atoms with Gasteiger partial charge in [0.1, 0.15) is 0 Å². The molecule has 0 amide bonds. The standard InChI is InChI=1S/C19H18Cl2O4/c1-2-3-6-11-24-18(22)14-7-4-5-8-15(14)19(23)25-17-12-13(20)9-10-16(17)21/h4-5,7-10,12H,2-3,6,11H2,1H3. The second-order valence-corrected chi connectivity index (χ2v) is 6.20. The second-order valence-electron chi connectivity index (χ2n) is 5.35. The lowest BCUT2D eigenvalue weighted by Crippen LogP contribution is -2.16. The van der Waals surface area contributed by atoms with Gasteiger partial charge in [-0.3, -0.25) is 0 Å². The van der Waals surface area contributed by atoms with Crippen LogP contribution in [0.1, 0.15) is 46.9 Å². The van der Waals surface area contributed by atoms with Crippen molar-refractivity contribution in [2.45, 2.75) is 26.2 Å². The molecular formula is C19H18Cl2O4. The maximum Gasteiger partial charge on any atom is 0.344 e. The Balaban J connectivity index is 2.14. The van der Waals surface area contributed by atoms with E-state index >= 15 is 0 Å². The zero-order valence-corrected chi connectivity index (χ0v) is 15.3. The molecule has 6 heteroatoms. The van der Waals surface area contributed by atoms with Gasteiger partial charge in [0.25, 0.3) is 0 Å². The Morgan fingerprint density at radius 2 is 1.64 bits per heavy atom. The molecule has 132 valence electrons. The first-order chi connectivity index (χ1) is 12.0. The van der Waals surface area contributed by atoms with Crippen LogP contribution in [0.5, 0.6) is 5.75 Å². The fourth-order valence-electron chi connectivity index (χ4n) is 2.14. The van der Waals surface area contributed by atoms with E-state index < -0.39 is 11.9 Å². The van der Waals surface area contributed by atoms with Gasteiger partial charge in [-0.05, 0) is 30.7 Å². The lowest BCUT2D eigenvalue weighted by atomic mass is 10.1. The maximum atomic E-state index is 12.4. The third kappa shape index (κ3) is 5.48. The molecule has 0 heterocycles. The van der Waals surface area contributed by atoms with Crippen LogP contribution in [0.2, 0.25) is 10.0 Å². The molecule has 0 saturated carbocycles. The zero-order chi connectivity index (χ0) is 18.2. The average Bonchev–Trinajstić information content (AvgIpc) is 2.61. The Kier molecular flexibility index (Phi) is 7.29. The summed E-state index contributed by atoms with van der Waals surface area (Å²) >= 11 is 11.9. The summed E-state index contributed by atoms with van der Waals surface area (Å²) in [7, 11) is 0. The number of hydrogen-bond acceptors (Lipinski definition) is 4. The lowest BCUT2D eigenvalue weighted by molar-refractivity contribution is 0.0490. The quantitative estimate of drug-likeness (QED) is 0.358. The van der Waals surface area contributed by atoms with Crippen molar-refractivity contribution in [2.75, 3.05) is 6.61 Å². The Hall–Kier alpha value is -2.04. The van der Waals surface area contributed by atoms with Crippen LogP contribution in [-0.2, 0) is 4.74 Å². The van der Waals surface area contributed by atoms with Gasteiger partial charge in [-0.15, -0.1) is 0 Å². The van der Waals surface area contributed by atoms with Gasteiger partial charge in [-0.1, -0.05) is 55.1 Å². The highest BCUT2D eigenvalue weighted by atomic mass is 35.5. The number of halogens is 2. The van der Waals surface area contributed by atoms with Crippen LogP contribution in [0.3, 0.4) is 0 Å². The molecule has 0 atom stereocenters. The summed E-state index contributed by atoms with van der Waals surface area (Å²) in [5, 5.41) is 0.633. The van der Waals surface area contributed by atoms with Crippen LogP contribution in [0.25, 0.3) is 0 Å². The molecule has 2 aromatic rings. The fraction of sp³-hybridized carbons (Fsp3) is 0.263.